The van der Waals surface area contributed by atoms with Crippen LogP contribution < -0.4 is 11.1 Å². The molecular weight excluding hydrogens is 667 g/mol. The third kappa shape index (κ3) is 9.67. The largest absolute Gasteiger partial charge is 0.425 e. The Morgan fingerprint density at radius 3 is 2.64 bits per heavy atom. The molecule has 0 aliphatic carbocycles. The highest BCUT2D eigenvalue weighted by molar-refractivity contribution is 8.01. The minimum atomic E-state index is -1.10. The van der Waals surface area contributed by atoms with Crippen LogP contribution in [0.3, 0.4) is 0 Å². The molecule has 0 saturated carbocycles. The van der Waals surface area contributed by atoms with Gasteiger partial charge in [-0.1, -0.05) is 45.4 Å². The maximum Gasteiger partial charge on any atom is 0.358 e. The Morgan fingerprint density at radius 1 is 1.21 bits per heavy atom. The number of rotatable bonds is 18. The third-order valence-electron chi connectivity index (χ3n) is 7.74. The van der Waals surface area contributed by atoms with Crippen LogP contribution >= 0.6 is 34.9 Å². The van der Waals surface area contributed by atoms with Gasteiger partial charge in [-0.05, 0) is 42.4 Å². The molecule has 0 aromatic carbocycles. The Bertz CT molecular complexity index is 1440. The lowest BCUT2D eigenvalue weighted by molar-refractivity contribution is -0.189. The molecule has 4 rings (SSSR count). The lowest BCUT2D eigenvalue weighted by atomic mass is 10.00. The molecule has 1 unspecified atom stereocenters. The van der Waals surface area contributed by atoms with Gasteiger partial charge in [0.25, 0.3) is 5.91 Å². The van der Waals surface area contributed by atoms with E-state index in [2.05, 4.69) is 25.8 Å². The number of nitrogen functional groups attached to an aromatic ring is 1. The summed E-state index contributed by atoms with van der Waals surface area (Å²) in [5.74, 6) is -1.12. The predicted octanol–water partition coefficient (Wildman–Crippen LogP) is 2.30. The number of thiazole rings is 1. The molecule has 2 aliphatic heterocycles. The summed E-state index contributed by atoms with van der Waals surface area (Å²) >= 11 is 4.02. The van der Waals surface area contributed by atoms with Gasteiger partial charge >= 0.3 is 11.9 Å². The molecular formula is C29H43N9O6S3. The highest BCUT2D eigenvalue weighted by Gasteiger charge is 2.54. The van der Waals surface area contributed by atoms with Crippen LogP contribution in [0.2, 0.25) is 0 Å². The van der Waals surface area contributed by atoms with Gasteiger partial charge in [0.05, 0.1) is 18.7 Å². The molecule has 3 atom stereocenters. The number of carbonyl (C=O) groups excluding carboxylic acids is 4. The second kappa shape index (κ2) is 17.3. The number of ether oxygens (including phenoxy) is 2. The lowest BCUT2D eigenvalue weighted by Crippen LogP contribution is -2.70. The number of amides is 2. The lowest BCUT2D eigenvalue weighted by Gasteiger charge is -2.49. The number of hydrogen-bond acceptors (Lipinski definition) is 15. The molecule has 0 bridgehead atoms. The number of tetrazole rings is 1. The van der Waals surface area contributed by atoms with Crippen molar-refractivity contribution in [3.05, 3.63) is 22.3 Å². The Morgan fingerprint density at radius 2 is 1.98 bits per heavy atom. The molecule has 3 N–H and O–H groups in total. The normalized spacial score (nSPS) is 18.3. The van der Waals surface area contributed by atoms with Crippen molar-refractivity contribution in [2.45, 2.75) is 88.7 Å². The highest BCUT2D eigenvalue weighted by Crippen LogP contribution is 2.42. The van der Waals surface area contributed by atoms with Crippen LogP contribution in [0.5, 0.6) is 0 Å². The fourth-order valence-electron chi connectivity index (χ4n) is 5.02. The molecule has 2 aliphatic rings. The number of nitrogens with one attached hydrogen (secondary N) is 1. The Labute approximate surface area is 286 Å². The first-order valence-corrected chi connectivity index (χ1v) is 18.6. The summed E-state index contributed by atoms with van der Waals surface area (Å²) in [6, 6.07) is -0.830. The summed E-state index contributed by atoms with van der Waals surface area (Å²) in [5.41, 5.74) is 6.94. The first-order chi connectivity index (χ1) is 22.5. The molecule has 15 nitrogen and oxygen atoms in total. The van der Waals surface area contributed by atoms with Crippen molar-refractivity contribution in [3.8, 4) is 0 Å². The standard InChI is InChI=1S/C29H43N9O6S3/c1-6-9-22(43-21(40)12-17(7-2)8-3)44-27(42)24-18(15-47-29-33-34-35-37(29)11-10-36(4)5)14-45-26-23(25(41)38(24)26)32-20(39)13-19-16-46-28(30)31-19/h16-17,22-23,26H,6-15H2,1-5H3,(H2,30,31)(H,32,39)/t22?,23-,26-/m1/s1. The second-order valence-electron chi connectivity index (χ2n) is 11.5. The molecule has 1 fully saturated rings. The van der Waals surface area contributed by atoms with Crippen LogP contribution in [0, 0.1) is 5.92 Å². The summed E-state index contributed by atoms with van der Waals surface area (Å²) < 4.78 is 13.1. The van der Waals surface area contributed by atoms with Gasteiger partial charge in [0.15, 0.2) is 5.13 Å². The number of anilines is 1. The molecule has 0 radical (unpaired) electrons. The van der Waals surface area contributed by atoms with E-state index in [-0.39, 0.29) is 30.4 Å². The molecule has 1 saturated heterocycles. The van der Waals surface area contributed by atoms with Crippen molar-refractivity contribution < 1.29 is 28.7 Å². The fraction of sp³-hybridized carbons (Fsp3) is 0.655. The van der Waals surface area contributed by atoms with Crippen LogP contribution in [0.15, 0.2) is 21.8 Å². The number of esters is 2. The number of thioether (sulfide) groups is 2. The predicted molar refractivity (Wildman–Crippen MR) is 179 cm³/mol. The zero-order valence-electron chi connectivity index (χ0n) is 27.3. The third-order valence-corrected chi connectivity index (χ3v) is 10.8. The molecule has 2 amide bonds. The zero-order chi connectivity index (χ0) is 34.1. The van der Waals surface area contributed by atoms with Crippen molar-refractivity contribution in [2.24, 2.45) is 5.92 Å². The van der Waals surface area contributed by atoms with Gasteiger partial charge in [0, 0.05) is 36.3 Å². The molecule has 258 valence electrons. The van der Waals surface area contributed by atoms with E-state index in [1.54, 1.807) is 10.1 Å². The van der Waals surface area contributed by atoms with E-state index in [4.69, 9.17) is 15.2 Å². The Hall–Kier alpha value is -3.22. The molecule has 18 heteroatoms. The first-order valence-electron chi connectivity index (χ1n) is 15.6. The van der Waals surface area contributed by atoms with E-state index in [9.17, 15) is 19.2 Å². The SMILES string of the molecule is CCCC(OC(=O)CC(CC)CC)OC(=O)C1=C(CSc2nnnn2CCN(C)C)CS[C@@H]2[C@H](NC(=O)Cc3csc(N)n3)C(=O)N12. The van der Waals surface area contributed by atoms with Gasteiger partial charge in [-0.25, -0.2) is 14.5 Å². The minimum absolute atomic E-state index is 0.0228. The fourth-order valence-corrected chi connectivity index (χ4v) is 7.97. The van der Waals surface area contributed by atoms with Crippen LogP contribution in [0.4, 0.5) is 5.13 Å². The number of likely N-dealkylation sites (N-methyl/N-ethyl adjacent to an activating group) is 1. The maximum atomic E-state index is 13.9. The summed E-state index contributed by atoms with van der Waals surface area (Å²) in [6.45, 7) is 7.24. The second-order valence-corrected chi connectivity index (χ2v) is 14.5. The highest BCUT2D eigenvalue weighted by atomic mass is 32.2. The van der Waals surface area contributed by atoms with Crippen LogP contribution in [0.25, 0.3) is 0 Å². The number of aromatic nitrogens is 5. The number of nitrogens with two attached hydrogens (primary N) is 1. The Balaban J connectivity index is 1.52. The topological polar surface area (TPSA) is 188 Å². The van der Waals surface area contributed by atoms with E-state index in [1.807, 2.05) is 39.8 Å². The summed E-state index contributed by atoms with van der Waals surface area (Å²) in [7, 11) is 3.92. The van der Waals surface area contributed by atoms with Crippen molar-refractivity contribution in [1.82, 2.24) is 40.3 Å². The smallest absolute Gasteiger partial charge is 0.358 e. The van der Waals surface area contributed by atoms with E-state index >= 15 is 0 Å². The van der Waals surface area contributed by atoms with Gasteiger partial charge < -0.3 is 25.4 Å². The number of nitrogens with zero attached hydrogens (tertiary/aromatic N) is 7. The number of β-lactam (4-membered cyclic amide) rings is 1. The number of fused-ring (bicyclic) bond motifs is 1. The van der Waals surface area contributed by atoms with Crippen molar-refractivity contribution in [3.63, 3.8) is 0 Å². The molecule has 4 heterocycles. The average molecular weight is 710 g/mol. The van der Waals surface area contributed by atoms with Crippen molar-refractivity contribution >= 4 is 63.7 Å². The summed E-state index contributed by atoms with van der Waals surface area (Å²) in [4.78, 5) is 60.4. The monoisotopic (exact) mass is 709 g/mol. The van der Waals surface area contributed by atoms with Gasteiger partial charge in [0.2, 0.25) is 17.4 Å². The molecule has 2 aromatic heterocycles. The van der Waals surface area contributed by atoms with Crippen LogP contribution in [-0.4, -0.2) is 109 Å². The van der Waals surface area contributed by atoms with E-state index < -0.39 is 35.6 Å². The molecule has 0 spiro atoms. The Kier molecular flexibility index (Phi) is 13.4. The van der Waals surface area contributed by atoms with E-state index in [1.165, 1.54) is 39.8 Å². The van der Waals surface area contributed by atoms with E-state index in [0.29, 0.717) is 52.4 Å². The average Bonchev–Trinajstić information content (AvgIpc) is 3.67. The van der Waals surface area contributed by atoms with Crippen molar-refractivity contribution in [1.29, 1.82) is 0 Å². The van der Waals surface area contributed by atoms with Gasteiger partial charge in [0.1, 0.15) is 17.1 Å². The zero-order valence-corrected chi connectivity index (χ0v) is 29.8. The quantitative estimate of drug-likeness (QED) is 0.0993. The molecule has 47 heavy (non-hydrogen) atoms. The van der Waals surface area contributed by atoms with Gasteiger partial charge in [-0.2, -0.15) is 0 Å². The van der Waals surface area contributed by atoms with E-state index in [0.717, 1.165) is 19.4 Å². The van der Waals surface area contributed by atoms with Gasteiger partial charge in [-0.15, -0.1) is 28.2 Å². The molecule has 2 aromatic rings. The summed E-state index contributed by atoms with van der Waals surface area (Å²) in [5, 5.41) is 16.9. The van der Waals surface area contributed by atoms with Crippen molar-refractivity contribution in [2.75, 3.05) is 37.9 Å². The minimum Gasteiger partial charge on any atom is -0.425 e. The number of hydrogen-bond donors (Lipinski definition) is 2. The van der Waals surface area contributed by atoms with Crippen LogP contribution in [0.1, 0.15) is 58.6 Å². The van der Waals surface area contributed by atoms with Gasteiger partial charge in [-0.3, -0.25) is 19.3 Å². The summed E-state index contributed by atoms with van der Waals surface area (Å²) in [6.07, 6.45) is 1.70. The number of carbonyl (C=O) groups is 4. The maximum absolute atomic E-state index is 13.9. The first kappa shape index (κ1) is 36.6. The van der Waals surface area contributed by atoms with Crippen LogP contribution in [-0.2, 0) is 41.6 Å².